The number of aliphatic carboxylic acids is 1. The molecule has 0 aromatic carbocycles. The van der Waals surface area contributed by atoms with Crippen LogP contribution >= 0.6 is 11.6 Å². The number of rotatable bonds is 2. The van der Waals surface area contributed by atoms with Crippen molar-refractivity contribution in [2.45, 2.75) is 6.42 Å². The van der Waals surface area contributed by atoms with Gasteiger partial charge in [0.15, 0.2) is 11.0 Å². The van der Waals surface area contributed by atoms with Gasteiger partial charge in [-0.2, -0.15) is 0 Å². The van der Waals surface area contributed by atoms with Gasteiger partial charge in [-0.15, -0.1) is 0 Å². The minimum absolute atomic E-state index is 0.323. The molecule has 1 fully saturated rings. The Morgan fingerprint density at radius 3 is 2.87 bits per heavy atom. The molecular formula is C9H10ClN3O2. The molecule has 2 rings (SSSR count). The van der Waals surface area contributed by atoms with Crippen molar-refractivity contribution >= 4 is 23.4 Å². The van der Waals surface area contributed by atoms with Crippen LogP contribution in [0.15, 0.2) is 12.4 Å². The van der Waals surface area contributed by atoms with Crippen molar-refractivity contribution in [3.8, 4) is 0 Å². The van der Waals surface area contributed by atoms with Gasteiger partial charge in [0.2, 0.25) is 0 Å². The van der Waals surface area contributed by atoms with Gasteiger partial charge in [0, 0.05) is 25.5 Å². The highest BCUT2D eigenvalue weighted by Gasteiger charge is 2.29. The van der Waals surface area contributed by atoms with Crippen molar-refractivity contribution in [1.29, 1.82) is 0 Å². The summed E-state index contributed by atoms with van der Waals surface area (Å²) in [6.45, 7) is 1.11. The van der Waals surface area contributed by atoms with E-state index in [0.717, 1.165) is 0 Å². The molecule has 0 spiro atoms. The van der Waals surface area contributed by atoms with Crippen molar-refractivity contribution in [2.75, 3.05) is 18.0 Å². The second-order valence-electron chi connectivity index (χ2n) is 3.44. The van der Waals surface area contributed by atoms with E-state index in [2.05, 4.69) is 9.97 Å². The average Bonchev–Trinajstić information content (AvgIpc) is 2.67. The number of nitrogens with zero attached hydrogens (tertiary/aromatic N) is 3. The van der Waals surface area contributed by atoms with Crippen LogP contribution in [0.1, 0.15) is 6.42 Å². The molecule has 0 bridgehead atoms. The van der Waals surface area contributed by atoms with E-state index >= 15 is 0 Å². The molecule has 1 atom stereocenters. The molecule has 1 saturated heterocycles. The molecule has 80 valence electrons. The van der Waals surface area contributed by atoms with Crippen LogP contribution in [0, 0.1) is 5.92 Å². The van der Waals surface area contributed by atoms with Gasteiger partial charge in [0.1, 0.15) is 0 Å². The smallest absolute Gasteiger partial charge is 0.308 e. The normalized spacial score (nSPS) is 20.6. The maximum Gasteiger partial charge on any atom is 0.308 e. The lowest BCUT2D eigenvalue weighted by Gasteiger charge is -2.16. The largest absolute Gasteiger partial charge is 0.481 e. The molecule has 0 amide bonds. The Labute approximate surface area is 91.7 Å². The van der Waals surface area contributed by atoms with Gasteiger partial charge in [0.25, 0.3) is 0 Å². The quantitative estimate of drug-likeness (QED) is 0.818. The Hall–Kier alpha value is -1.36. The maximum absolute atomic E-state index is 10.8. The Balaban J connectivity index is 2.14. The molecule has 0 radical (unpaired) electrons. The number of aromatic nitrogens is 2. The lowest BCUT2D eigenvalue weighted by atomic mass is 10.1. The SMILES string of the molecule is O=C(O)C1CCN(c2nccnc2Cl)C1. The lowest BCUT2D eigenvalue weighted by Crippen LogP contribution is -2.23. The summed E-state index contributed by atoms with van der Waals surface area (Å²) >= 11 is 5.87. The fourth-order valence-corrected chi connectivity index (χ4v) is 1.90. The van der Waals surface area contributed by atoms with Crippen molar-refractivity contribution in [3.05, 3.63) is 17.5 Å². The zero-order valence-corrected chi connectivity index (χ0v) is 8.68. The fourth-order valence-electron chi connectivity index (χ4n) is 1.68. The molecule has 5 nitrogen and oxygen atoms in total. The van der Waals surface area contributed by atoms with Crippen LogP contribution < -0.4 is 4.90 Å². The van der Waals surface area contributed by atoms with E-state index in [1.165, 1.54) is 6.20 Å². The molecule has 1 unspecified atom stereocenters. The maximum atomic E-state index is 10.8. The molecule has 1 aromatic rings. The molecule has 15 heavy (non-hydrogen) atoms. The number of hydrogen-bond acceptors (Lipinski definition) is 4. The molecule has 2 heterocycles. The van der Waals surface area contributed by atoms with E-state index in [1.54, 1.807) is 6.20 Å². The number of anilines is 1. The van der Waals surface area contributed by atoms with E-state index in [1.807, 2.05) is 4.90 Å². The Morgan fingerprint density at radius 1 is 1.53 bits per heavy atom. The molecular weight excluding hydrogens is 218 g/mol. The molecule has 0 aliphatic carbocycles. The van der Waals surface area contributed by atoms with E-state index in [9.17, 15) is 4.79 Å². The van der Waals surface area contributed by atoms with Gasteiger partial charge in [-0.25, -0.2) is 9.97 Å². The number of carboxylic acids is 1. The van der Waals surface area contributed by atoms with Gasteiger partial charge in [0.05, 0.1) is 5.92 Å². The molecule has 1 N–H and O–H groups in total. The monoisotopic (exact) mass is 227 g/mol. The highest BCUT2D eigenvalue weighted by atomic mass is 35.5. The highest BCUT2D eigenvalue weighted by Crippen LogP contribution is 2.26. The van der Waals surface area contributed by atoms with Crippen molar-refractivity contribution in [3.63, 3.8) is 0 Å². The molecule has 1 aromatic heterocycles. The summed E-state index contributed by atoms with van der Waals surface area (Å²) in [7, 11) is 0. The first-order valence-electron chi connectivity index (χ1n) is 4.62. The summed E-state index contributed by atoms with van der Waals surface area (Å²) in [5.74, 6) is -0.525. The van der Waals surface area contributed by atoms with Crippen LogP contribution in [-0.2, 0) is 4.79 Å². The van der Waals surface area contributed by atoms with Crippen LogP contribution in [-0.4, -0.2) is 34.1 Å². The summed E-state index contributed by atoms with van der Waals surface area (Å²) < 4.78 is 0. The third-order valence-corrected chi connectivity index (χ3v) is 2.74. The Morgan fingerprint density at radius 2 is 2.27 bits per heavy atom. The lowest BCUT2D eigenvalue weighted by molar-refractivity contribution is -0.140. The first-order chi connectivity index (χ1) is 7.18. The van der Waals surface area contributed by atoms with Crippen LogP contribution in [0.3, 0.4) is 0 Å². The first-order valence-corrected chi connectivity index (χ1v) is 5.00. The summed E-state index contributed by atoms with van der Waals surface area (Å²) in [6, 6.07) is 0. The van der Waals surface area contributed by atoms with E-state index in [4.69, 9.17) is 16.7 Å². The topological polar surface area (TPSA) is 66.3 Å². The average molecular weight is 228 g/mol. The second kappa shape index (κ2) is 4.02. The minimum Gasteiger partial charge on any atom is -0.481 e. The zero-order chi connectivity index (χ0) is 10.8. The molecule has 0 saturated carbocycles. The molecule has 6 heteroatoms. The Kier molecular flexibility index (Phi) is 2.73. The van der Waals surface area contributed by atoms with Gasteiger partial charge in [-0.3, -0.25) is 4.79 Å². The number of hydrogen-bond donors (Lipinski definition) is 1. The van der Waals surface area contributed by atoms with Gasteiger partial charge >= 0.3 is 5.97 Å². The fraction of sp³-hybridized carbons (Fsp3) is 0.444. The van der Waals surface area contributed by atoms with Crippen LogP contribution in [0.25, 0.3) is 0 Å². The van der Waals surface area contributed by atoms with Crippen LogP contribution in [0.2, 0.25) is 5.15 Å². The summed E-state index contributed by atoms with van der Waals surface area (Å²) in [4.78, 5) is 20.6. The molecule has 1 aliphatic rings. The predicted molar refractivity (Wildman–Crippen MR) is 55.0 cm³/mol. The number of carbonyl (C=O) groups is 1. The van der Waals surface area contributed by atoms with E-state index in [-0.39, 0.29) is 5.92 Å². The predicted octanol–water partition coefficient (Wildman–Crippen LogP) is 1.04. The van der Waals surface area contributed by atoms with Crippen LogP contribution in [0.4, 0.5) is 5.82 Å². The summed E-state index contributed by atoms with van der Waals surface area (Å²) in [5, 5.41) is 9.17. The van der Waals surface area contributed by atoms with Gasteiger partial charge < -0.3 is 10.0 Å². The van der Waals surface area contributed by atoms with Gasteiger partial charge in [-0.05, 0) is 6.42 Å². The third kappa shape index (κ3) is 2.02. The summed E-state index contributed by atoms with van der Waals surface area (Å²) in [6.07, 6.45) is 3.69. The summed E-state index contributed by atoms with van der Waals surface area (Å²) in [5.41, 5.74) is 0. The number of halogens is 1. The first kappa shape index (κ1) is 10.2. The van der Waals surface area contributed by atoms with Crippen molar-refractivity contribution in [2.24, 2.45) is 5.92 Å². The van der Waals surface area contributed by atoms with Crippen molar-refractivity contribution < 1.29 is 9.90 Å². The highest BCUT2D eigenvalue weighted by molar-refractivity contribution is 6.31. The number of carboxylic acid groups (broad SMARTS) is 1. The van der Waals surface area contributed by atoms with E-state index in [0.29, 0.717) is 30.5 Å². The van der Waals surface area contributed by atoms with Crippen molar-refractivity contribution in [1.82, 2.24) is 9.97 Å². The van der Waals surface area contributed by atoms with Gasteiger partial charge in [-0.1, -0.05) is 11.6 Å². The van der Waals surface area contributed by atoms with E-state index < -0.39 is 5.97 Å². The Bertz CT molecular complexity index is 385. The standard InChI is InChI=1S/C9H10ClN3O2/c10-7-8(12-3-2-11-7)13-4-1-6(5-13)9(14)15/h2-3,6H,1,4-5H2,(H,14,15). The minimum atomic E-state index is -0.766. The third-order valence-electron chi connectivity index (χ3n) is 2.47. The zero-order valence-electron chi connectivity index (χ0n) is 7.93. The molecule has 1 aliphatic heterocycles. The van der Waals surface area contributed by atoms with Crippen LogP contribution in [0.5, 0.6) is 0 Å². The second-order valence-corrected chi connectivity index (χ2v) is 3.80.